The second-order valence-electron chi connectivity index (χ2n) is 22.3. The SMILES string of the molecule is CC(=O)N[C@@H](CCC(=O)O)C(=O)N[C@@H](CCC(=O)O)C(=O)N[C@@H](CC(C)C)C(=O)N[C@@H](CC(C)C)C(=O)N[C@@H](CCCN=C(N)N)C(=O)N[C@@H](C)C(=O)N[C@@H](CC(C)C)C(=O)N[C@@H](CC(=O)O)C(=O)N[C@@H](CCC(N)=O)C(=O)N[C@H](C(=O)O)C(C)C. The Morgan fingerprint density at radius 2 is 0.709 bits per heavy atom. The van der Waals surface area contributed by atoms with Gasteiger partial charge in [-0.15, -0.1) is 0 Å². The Bertz CT molecular complexity index is 2430. The highest BCUT2D eigenvalue weighted by Crippen LogP contribution is 2.14. The zero-order valence-corrected chi connectivity index (χ0v) is 50.4. The first-order valence-electron chi connectivity index (χ1n) is 28.1. The molecule has 0 radical (unpaired) electrons. The first-order chi connectivity index (χ1) is 39.8. The normalized spacial score (nSPS) is 14.6. The molecule has 10 atom stereocenters. The van der Waals surface area contributed by atoms with Crippen LogP contribution in [0.3, 0.4) is 0 Å². The predicted molar refractivity (Wildman–Crippen MR) is 306 cm³/mol. The van der Waals surface area contributed by atoms with Crippen LogP contribution in [-0.2, 0) is 71.9 Å². The zero-order valence-electron chi connectivity index (χ0n) is 50.4. The number of carbonyl (C=O) groups is 15. The number of guanidine groups is 1. The van der Waals surface area contributed by atoms with Gasteiger partial charge >= 0.3 is 23.9 Å². The molecule has 0 aromatic heterocycles. The molecular weight excluding hydrogens is 1140 g/mol. The van der Waals surface area contributed by atoms with Gasteiger partial charge in [-0.1, -0.05) is 55.4 Å². The minimum atomic E-state index is -1.92. The topological polar surface area (TPSA) is 548 Å². The molecule has 0 rings (SSSR count). The first-order valence-corrected chi connectivity index (χ1v) is 28.1. The second kappa shape index (κ2) is 39.0. The van der Waals surface area contributed by atoms with Crippen molar-refractivity contribution in [3.8, 4) is 0 Å². The molecular formula is C53H90N14O19. The Morgan fingerprint density at radius 3 is 1.06 bits per heavy atom. The van der Waals surface area contributed by atoms with E-state index in [0.29, 0.717) is 0 Å². The van der Waals surface area contributed by atoms with E-state index in [-0.39, 0.29) is 68.8 Å². The lowest BCUT2D eigenvalue weighted by molar-refractivity contribution is -0.144. The lowest BCUT2D eigenvalue weighted by Gasteiger charge is -2.29. The van der Waals surface area contributed by atoms with E-state index in [1.165, 1.54) is 20.8 Å². The van der Waals surface area contributed by atoms with Crippen molar-refractivity contribution in [2.45, 2.75) is 207 Å². The predicted octanol–water partition coefficient (Wildman–Crippen LogP) is -3.72. The summed E-state index contributed by atoms with van der Waals surface area (Å²) in [5.41, 5.74) is 16.2. The van der Waals surface area contributed by atoms with E-state index in [9.17, 15) is 92.3 Å². The van der Waals surface area contributed by atoms with Crippen LogP contribution in [0.2, 0.25) is 0 Å². The van der Waals surface area contributed by atoms with Crippen LogP contribution in [0.25, 0.3) is 0 Å². The highest BCUT2D eigenvalue weighted by Gasteiger charge is 2.37. The molecule has 0 unspecified atom stereocenters. The number of nitrogens with one attached hydrogen (secondary N) is 10. The number of carbonyl (C=O) groups excluding carboxylic acids is 11. The van der Waals surface area contributed by atoms with Gasteiger partial charge in [0.05, 0.1) is 6.42 Å². The van der Waals surface area contributed by atoms with Gasteiger partial charge in [0.1, 0.15) is 60.4 Å². The van der Waals surface area contributed by atoms with Crippen LogP contribution in [0.5, 0.6) is 0 Å². The van der Waals surface area contributed by atoms with E-state index in [0.717, 1.165) is 6.92 Å². The van der Waals surface area contributed by atoms with Gasteiger partial charge in [-0.05, 0) is 82.0 Å². The van der Waals surface area contributed by atoms with Crippen molar-refractivity contribution in [3.05, 3.63) is 0 Å². The van der Waals surface area contributed by atoms with Gasteiger partial charge in [0, 0.05) is 32.7 Å². The van der Waals surface area contributed by atoms with Gasteiger partial charge < -0.3 is 90.8 Å². The summed E-state index contributed by atoms with van der Waals surface area (Å²) < 4.78 is 0. The number of aliphatic carboxylic acids is 4. The number of aliphatic imine (C=N–C) groups is 1. The van der Waals surface area contributed by atoms with E-state index in [2.05, 4.69) is 58.2 Å². The molecule has 0 saturated carbocycles. The maximum atomic E-state index is 14.3. The fraction of sp³-hybridized carbons (Fsp3) is 0.698. The van der Waals surface area contributed by atoms with E-state index < -0.39 is 194 Å². The van der Waals surface area contributed by atoms with Crippen molar-refractivity contribution in [2.24, 2.45) is 45.9 Å². The van der Waals surface area contributed by atoms with Crippen LogP contribution < -0.4 is 70.4 Å². The Balaban J connectivity index is 6.85. The molecule has 0 aromatic carbocycles. The molecule has 86 heavy (non-hydrogen) atoms. The largest absolute Gasteiger partial charge is 0.481 e. The third-order valence-electron chi connectivity index (χ3n) is 12.5. The number of rotatable bonds is 42. The molecule has 0 heterocycles. The Morgan fingerprint density at radius 1 is 0.384 bits per heavy atom. The Hall–Kier alpha value is -8.68. The molecule has 0 fully saturated rings. The van der Waals surface area contributed by atoms with Crippen molar-refractivity contribution in [2.75, 3.05) is 6.54 Å². The smallest absolute Gasteiger partial charge is 0.326 e. The van der Waals surface area contributed by atoms with Gasteiger partial charge in [0.15, 0.2) is 5.96 Å². The molecule has 20 N–H and O–H groups in total. The second-order valence-corrected chi connectivity index (χ2v) is 22.3. The van der Waals surface area contributed by atoms with Crippen molar-refractivity contribution in [1.29, 1.82) is 0 Å². The standard InChI is InChI=1S/C53H90N14O19/c1-24(2)20-34(49(82)66-37(23-41(74)75)51(84)62-32(13-16-38(54)69)47(80)67-42(27(7)8)52(85)86)63-43(76)28(9)58-44(77)30(12-11-19-57-53(55)56)60-48(81)35(21-25(3)4)65-50(83)36(22-26(5)6)64-46(79)33(15-18-40(72)73)61-45(78)31(59-29(10)68)14-17-39(70)71/h24-28,30-37,42H,11-23H2,1-10H3,(H2,54,69)(H,58,77)(H,59,68)(H,60,81)(H,61,78)(H,62,84)(H,63,76)(H,64,79)(H,65,83)(H,66,82)(H,67,80)(H,70,71)(H,72,73)(H,74,75)(H,85,86)(H4,55,56,57)/t28-,30-,31-,32-,33-,34-,35-,36-,37-,42-/m0/s1. The molecule has 0 bridgehead atoms. The van der Waals surface area contributed by atoms with Crippen LogP contribution in [0.4, 0.5) is 0 Å². The highest BCUT2D eigenvalue weighted by atomic mass is 16.4. The van der Waals surface area contributed by atoms with Gasteiger partial charge in [-0.3, -0.25) is 72.1 Å². The summed E-state index contributed by atoms with van der Waals surface area (Å²) in [5, 5.41) is 62.0. The maximum absolute atomic E-state index is 14.3. The number of hydrogen-bond donors (Lipinski definition) is 17. The van der Waals surface area contributed by atoms with Gasteiger partial charge in [-0.25, -0.2) is 4.79 Å². The van der Waals surface area contributed by atoms with E-state index in [1.54, 1.807) is 41.5 Å². The van der Waals surface area contributed by atoms with E-state index in [4.69, 9.17) is 17.2 Å². The van der Waals surface area contributed by atoms with Crippen molar-refractivity contribution in [3.63, 3.8) is 0 Å². The monoisotopic (exact) mass is 1230 g/mol. The summed E-state index contributed by atoms with van der Waals surface area (Å²) in [6.07, 6.45) is -4.44. The van der Waals surface area contributed by atoms with Gasteiger partial charge in [0.2, 0.25) is 65.0 Å². The summed E-state index contributed by atoms with van der Waals surface area (Å²) in [5.74, 6) is -18.3. The highest BCUT2D eigenvalue weighted by molar-refractivity contribution is 5.99. The molecule has 0 aliphatic carbocycles. The summed E-state index contributed by atoms with van der Waals surface area (Å²) in [7, 11) is 0. The molecule has 0 aromatic rings. The van der Waals surface area contributed by atoms with Crippen molar-refractivity contribution >= 4 is 94.8 Å². The summed E-state index contributed by atoms with van der Waals surface area (Å²) in [6.45, 7) is 15.4. The van der Waals surface area contributed by atoms with Gasteiger partial charge in [0.25, 0.3) is 0 Å². The number of nitrogens with two attached hydrogens (primary N) is 3. The molecule has 0 aliphatic heterocycles. The average molecular weight is 1230 g/mol. The fourth-order valence-corrected chi connectivity index (χ4v) is 8.22. The molecule has 33 heteroatoms. The van der Waals surface area contributed by atoms with Crippen LogP contribution in [0.15, 0.2) is 4.99 Å². The molecule has 11 amide bonds. The average Bonchev–Trinajstić information content (AvgIpc) is 3.01. The lowest BCUT2D eigenvalue weighted by atomic mass is 9.99. The van der Waals surface area contributed by atoms with Crippen LogP contribution in [-0.4, -0.2) is 182 Å². The number of nitrogens with zero attached hydrogens (tertiary/aromatic N) is 1. The third kappa shape index (κ3) is 32.4. The number of primary amides is 1. The van der Waals surface area contributed by atoms with E-state index >= 15 is 0 Å². The van der Waals surface area contributed by atoms with Crippen LogP contribution in [0, 0.1) is 23.7 Å². The third-order valence-corrected chi connectivity index (χ3v) is 12.5. The molecule has 0 spiro atoms. The Kier molecular flexibility index (Phi) is 35.1. The quantitative estimate of drug-likeness (QED) is 0.0159. The number of carboxylic acids is 4. The number of hydrogen-bond acceptors (Lipinski definition) is 16. The van der Waals surface area contributed by atoms with Gasteiger partial charge in [-0.2, -0.15) is 0 Å². The van der Waals surface area contributed by atoms with Crippen LogP contribution in [0.1, 0.15) is 146 Å². The minimum absolute atomic E-state index is 0.0393. The van der Waals surface area contributed by atoms with Crippen molar-refractivity contribution in [1.82, 2.24) is 53.2 Å². The molecule has 0 aliphatic rings. The fourth-order valence-electron chi connectivity index (χ4n) is 8.22. The summed E-state index contributed by atoms with van der Waals surface area (Å²) in [4.78, 5) is 198. The Labute approximate surface area is 498 Å². The minimum Gasteiger partial charge on any atom is -0.481 e. The maximum Gasteiger partial charge on any atom is 0.326 e. The summed E-state index contributed by atoms with van der Waals surface area (Å²) >= 11 is 0. The molecule has 486 valence electrons. The van der Waals surface area contributed by atoms with Crippen LogP contribution >= 0.6 is 0 Å². The molecule has 33 nitrogen and oxygen atoms in total. The lowest BCUT2D eigenvalue weighted by Crippen LogP contribution is -2.60. The van der Waals surface area contributed by atoms with Crippen molar-refractivity contribution < 1.29 is 92.3 Å². The number of carboxylic acid groups (broad SMARTS) is 4. The number of amides is 11. The molecule has 0 saturated heterocycles. The summed E-state index contributed by atoms with van der Waals surface area (Å²) in [6, 6.07) is -15.4. The zero-order chi connectivity index (χ0) is 66.3. The van der Waals surface area contributed by atoms with E-state index in [1.807, 2.05) is 0 Å². The first kappa shape index (κ1) is 77.3.